The van der Waals surface area contributed by atoms with Gasteiger partial charge in [0, 0.05) is 20.6 Å². The molecule has 8 heteroatoms. The number of benzene rings is 1. The van der Waals surface area contributed by atoms with E-state index in [1.807, 2.05) is 0 Å². The average molecular weight is 351 g/mol. The highest BCUT2D eigenvalue weighted by Crippen LogP contribution is 2.24. The SMILES string of the molecule is CNc1snc(C)c1C(=O)OCC(=O)N(C)Cc1cccc(F)c1. The Morgan fingerprint density at radius 2 is 2.17 bits per heavy atom. The number of halogens is 1. The Balaban J connectivity index is 1.92. The van der Waals surface area contributed by atoms with Gasteiger partial charge < -0.3 is 15.0 Å². The summed E-state index contributed by atoms with van der Waals surface area (Å²) >= 11 is 1.16. The lowest BCUT2D eigenvalue weighted by Gasteiger charge is -2.17. The summed E-state index contributed by atoms with van der Waals surface area (Å²) < 4.78 is 22.3. The van der Waals surface area contributed by atoms with Gasteiger partial charge in [-0.05, 0) is 36.2 Å². The number of carbonyl (C=O) groups excluding carboxylic acids is 2. The number of ether oxygens (including phenoxy) is 1. The molecule has 0 fully saturated rings. The van der Waals surface area contributed by atoms with Gasteiger partial charge in [0.2, 0.25) is 0 Å². The molecular weight excluding hydrogens is 333 g/mol. The van der Waals surface area contributed by atoms with Gasteiger partial charge in [-0.15, -0.1) is 0 Å². The van der Waals surface area contributed by atoms with E-state index >= 15 is 0 Å². The number of amides is 1. The molecule has 2 aromatic rings. The second-order valence-corrected chi connectivity index (χ2v) is 5.95. The van der Waals surface area contributed by atoms with Crippen LogP contribution in [0, 0.1) is 12.7 Å². The van der Waals surface area contributed by atoms with Crippen molar-refractivity contribution in [1.82, 2.24) is 9.27 Å². The quantitative estimate of drug-likeness (QED) is 0.810. The van der Waals surface area contributed by atoms with E-state index in [4.69, 9.17) is 4.74 Å². The monoisotopic (exact) mass is 351 g/mol. The minimum Gasteiger partial charge on any atom is -0.452 e. The van der Waals surface area contributed by atoms with Crippen LogP contribution in [-0.4, -0.2) is 41.9 Å². The van der Waals surface area contributed by atoms with Crippen LogP contribution in [0.3, 0.4) is 0 Å². The Bertz CT molecular complexity index is 748. The van der Waals surface area contributed by atoms with Gasteiger partial charge in [-0.25, -0.2) is 9.18 Å². The number of aromatic nitrogens is 1. The van der Waals surface area contributed by atoms with E-state index in [1.54, 1.807) is 33.2 Å². The smallest absolute Gasteiger partial charge is 0.343 e. The lowest BCUT2D eigenvalue weighted by molar-refractivity contribution is -0.133. The van der Waals surface area contributed by atoms with Gasteiger partial charge in [-0.2, -0.15) is 4.37 Å². The zero-order valence-electron chi connectivity index (χ0n) is 13.6. The van der Waals surface area contributed by atoms with Gasteiger partial charge in [0.05, 0.1) is 5.69 Å². The molecule has 1 aromatic carbocycles. The Kier molecular flexibility index (Phi) is 5.86. The third-order valence-electron chi connectivity index (χ3n) is 3.36. The first-order valence-electron chi connectivity index (χ1n) is 7.22. The predicted octanol–water partition coefficient (Wildman–Crippen LogP) is 2.45. The van der Waals surface area contributed by atoms with E-state index < -0.39 is 5.97 Å². The molecule has 0 bridgehead atoms. The number of anilines is 1. The van der Waals surface area contributed by atoms with E-state index in [0.717, 1.165) is 11.5 Å². The van der Waals surface area contributed by atoms with Crippen LogP contribution in [0.2, 0.25) is 0 Å². The molecular formula is C16H18FN3O3S. The molecule has 0 unspecified atom stereocenters. The standard InChI is InChI=1S/C16H18FN3O3S/c1-10-14(15(18-2)24-19-10)16(22)23-9-13(21)20(3)8-11-5-4-6-12(17)7-11/h4-7,18H,8-9H2,1-3H3. The van der Waals surface area contributed by atoms with Crippen molar-refractivity contribution in [3.05, 3.63) is 46.9 Å². The van der Waals surface area contributed by atoms with Gasteiger partial charge in [0.25, 0.3) is 5.91 Å². The summed E-state index contributed by atoms with van der Waals surface area (Å²) in [6, 6.07) is 5.99. The molecule has 24 heavy (non-hydrogen) atoms. The van der Waals surface area contributed by atoms with Crippen LogP contribution in [0.1, 0.15) is 21.6 Å². The number of hydrogen-bond acceptors (Lipinski definition) is 6. The maximum Gasteiger partial charge on any atom is 0.343 e. The van der Waals surface area contributed by atoms with Crippen molar-refractivity contribution in [2.24, 2.45) is 0 Å². The number of nitrogens with one attached hydrogen (secondary N) is 1. The van der Waals surface area contributed by atoms with Crippen LogP contribution in [0.4, 0.5) is 9.39 Å². The number of likely N-dealkylation sites (N-methyl/N-ethyl adjacent to an activating group) is 1. The minimum atomic E-state index is -0.599. The molecule has 1 amide bonds. The van der Waals surface area contributed by atoms with E-state index in [1.165, 1.54) is 17.0 Å². The van der Waals surface area contributed by atoms with Crippen LogP contribution in [-0.2, 0) is 16.1 Å². The Hall–Kier alpha value is -2.48. The summed E-state index contributed by atoms with van der Waals surface area (Å²) in [7, 11) is 3.25. The average Bonchev–Trinajstić information content (AvgIpc) is 2.93. The number of esters is 1. The fourth-order valence-electron chi connectivity index (χ4n) is 2.09. The molecule has 0 atom stereocenters. The highest BCUT2D eigenvalue weighted by atomic mass is 32.1. The molecule has 0 spiro atoms. The summed E-state index contributed by atoms with van der Waals surface area (Å²) in [4.78, 5) is 25.6. The fourth-order valence-corrected chi connectivity index (χ4v) is 2.82. The molecule has 0 saturated carbocycles. The topological polar surface area (TPSA) is 71.5 Å². The molecule has 0 aliphatic heterocycles. The number of carbonyl (C=O) groups is 2. The maximum absolute atomic E-state index is 13.2. The molecule has 0 aliphatic carbocycles. The highest BCUT2D eigenvalue weighted by Gasteiger charge is 2.21. The first-order valence-corrected chi connectivity index (χ1v) is 7.99. The van der Waals surface area contributed by atoms with Crippen molar-refractivity contribution in [3.63, 3.8) is 0 Å². The summed E-state index contributed by atoms with van der Waals surface area (Å²) in [6.45, 7) is 1.55. The fraction of sp³-hybridized carbons (Fsp3) is 0.312. The van der Waals surface area contributed by atoms with Crippen molar-refractivity contribution < 1.29 is 18.7 Å². The third kappa shape index (κ3) is 4.29. The number of hydrogen-bond donors (Lipinski definition) is 1. The first-order chi connectivity index (χ1) is 11.4. The number of aryl methyl sites for hydroxylation is 1. The van der Waals surface area contributed by atoms with Crippen LogP contribution in [0.5, 0.6) is 0 Å². The lowest BCUT2D eigenvalue weighted by Crippen LogP contribution is -2.31. The molecule has 0 radical (unpaired) electrons. The van der Waals surface area contributed by atoms with Gasteiger partial charge in [0.1, 0.15) is 16.4 Å². The minimum absolute atomic E-state index is 0.231. The number of nitrogens with zero attached hydrogens (tertiary/aromatic N) is 2. The summed E-state index contributed by atoms with van der Waals surface area (Å²) in [5.74, 6) is -1.34. The van der Waals surface area contributed by atoms with E-state index in [2.05, 4.69) is 9.69 Å². The van der Waals surface area contributed by atoms with E-state index in [0.29, 0.717) is 21.8 Å². The summed E-state index contributed by atoms with van der Waals surface area (Å²) in [6.07, 6.45) is 0. The molecule has 1 N–H and O–H groups in total. The van der Waals surface area contributed by atoms with Crippen LogP contribution < -0.4 is 5.32 Å². The van der Waals surface area contributed by atoms with Crippen molar-refractivity contribution >= 4 is 28.4 Å². The van der Waals surface area contributed by atoms with Crippen molar-refractivity contribution in [2.45, 2.75) is 13.5 Å². The first kappa shape index (κ1) is 17.9. The van der Waals surface area contributed by atoms with Gasteiger partial charge in [-0.3, -0.25) is 4.79 Å². The lowest BCUT2D eigenvalue weighted by atomic mass is 10.2. The zero-order valence-corrected chi connectivity index (χ0v) is 14.4. The largest absolute Gasteiger partial charge is 0.452 e. The van der Waals surface area contributed by atoms with E-state index in [9.17, 15) is 14.0 Å². The Morgan fingerprint density at radius 1 is 1.42 bits per heavy atom. The van der Waals surface area contributed by atoms with Crippen molar-refractivity contribution in [3.8, 4) is 0 Å². The predicted molar refractivity (Wildman–Crippen MR) is 89.6 cm³/mol. The molecule has 0 aliphatic rings. The van der Waals surface area contributed by atoms with Crippen molar-refractivity contribution in [2.75, 3.05) is 26.0 Å². The molecule has 128 valence electrons. The molecule has 6 nitrogen and oxygen atoms in total. The number of rotatable bonds is 6. The Morgan fingerprint density at radius 3 is 2.83 bits per heavy atom. The molecule has 0 saturated heterocycles. The van der Waals surface area contributed by atoms with Crippen LogP contribution in [0.25, 0.3) is 0 Å². The summed E-state index contributed by atoms with van der Waals surface area (Å²) in [5.41, 5.74) is 1.55. The maximum atomic E-state index is 13.2. The Labute approximate surface area is 143 Å². The second-order valence-electron chi connectivity index (χ2n) is 5.18. The summed E-state index contributed by atoms with van der Waals surface area (Å²) in [5, 5.41) is 3.47. The molecule has 2 rings (SSSR count). The highest BCUT2D eigenvalue weighted by molar-refractivity contribution is 7.10. The zero-order chi connectivity index (χ0) is 17.7. The van der Waals surface area contributed by atoms with Crippen LogP contribution >= 0.6 is 11.5 Å². The van der Waals surface area contributed by atoms with Crippen molar-refractivity contribution in [1.29, 1.82) is 0 Å². The van der Waals surface area contributed by atoms with Crippen LogP contribution in [0.15, 0.2) is 24.3 Å². The normalized spacial score (nSPS) is 10.3. The van der Waals surface area contributed by atoms with E-state index in [-0.39, 0.29) is 24.9 Å². The van der Waals surface area contributed by atoms with Gasteiger partial charge >= 0.3 is 5.97 Å². The van der Waals surface area contributed by atoms with Gasteiger partial charge in [0.15, 0.2) is 6.61 Å². The second kappa shape index (κ2) is 7.87. The molecule has 1 aromatic heterocycles. The van der Waals surface area contributed by atoms with Gasteiger partial charge in [-0.1, -0.05) is 12.1 Å². The molecule has 1 heterocycles. The third-order valence-corrected chi connectivity index (χ3v) is 4.31.